The zero-order chi connectivity index (χ0) is 13.1. The van der Waals surface area contributed by atoms with Crippen LogP contribution >= 0.6 is 0 Å². The summed E-state index contributed by atoms with van der Waals surface area (Å²) >= 11 is 0. The Hall–Kier alpha value is -1.22. The van der Waals surface area contributed by atoms with Crippen molar-refractivity contribution in [1.29, 1.82) is 0 Å². The van der Waals surface area contributed by atoms with Gasteiger partial charge in [-0.15, -0.1) is 0 Å². The number of hydrogen-bond acceptors (Lipinski definition) is 3. The summed E-state index contributed by atoms with van der Waals surface area (Å²) in [4.78, 5) is 2.68. The Morgan fingerprint density at radius 3 is 2.74 bits per heavy atom. The van der Waals surface area contributed by atoms with Gasteiger partial charge in [-0.3, -0.25) is 4.90 Å². The molecule has 3 rings (SSSR count). The van der Waals surface area contributed by atoms with Crippen LogP contribution in [0, 0.1) is 5.92 Å². The molecule has 1 aromatic carbocycles. The lowest BCUT2D eigenvalue weighted by Gasteiger charge is -2.21. The first-order chi connectivity index (χ1) is 9.31. The summed E-state index contributed by atoms with van der Waals surface area (Å²) < 4.78 is 5.75. The third kappa shape index (κ3) is 4.13. The summed E-state index contributed by atoms with van der Waals surface area (Å²) in [6, 6.07) is 8.57. The third-order valence-electron chi connectivity index (χ3n) is 3.97. The minimum Gasteiger partial charge on any atom is -0.493 e. The molecule has 2 saturated carbocycles. The summed E-state index contributed by atoms with van der Waals surface area (Å²) in [6.07, 6.45) is 6.82. The molecule has 3 heteroatoms. The van der Waals surface area contributed by atoms with Gasteiger partial charge in [0.05, 0.1) is 6.61 Å². The van der Waals surface area contributed by atoms with Gasteiger partial charge in [-0.2, -0.15) is 0 Å². The number of anilines is 1. The molecule has 2 aliphatic carbocycles. The fraction of sp³-hybridized carbons (Fsp3) is 0.625. The Balaban J connectivity index is 1.37. The average molecular weight is 260 g/mol. The summed E-state index contributed by atoms with van der Waals surface area (Å²) in [6.45, 7) is 3.30. The fourth-order valence-electron chi connectivity index (χ4n) is 2.56. The topological polar surface area (TPSA) is 38.5 Å². The summed E-state index contributed by atoms with van der Waals surface area (Å²) in [5.74, 6) is 1.88. The van der Waals surface area contributed by atoms with E-state index in [1.54, 1.807) is 0 Å². The molecule has 1 aromatic rings. The maximum Gasteiger partial charge on any atom is 0.121 e. The van der Waals surface area contributed by atoms with E-state index in [4.69, 9.17) is 10.5 Å². The zero-order valence-corrected chi connectivity index (χ0v) is 11.6. The molecule has 0 amide bonds. The molecule has 0 aromatic heterocycles. The number of ether oxygens (including phenoxy) is 1. The largest absolute Gasteiger partial charge is 0.493 e. The predicted octanol–water partition coefficient (Wildman–Crippen LogP) is 2.91. The van der Waals surface area contributed by atoms with E-state index in [1.807, 2.05) is 24.3 Å². The van der Waals surface area contributed by atoms with Crippen molar-refractivity contribution in [2.24, 2.45) is 5.92 Å². The molecule has 0 unspecified atom stereocenters. The first kappa shape index (κ1) is 12.8. The smallest absolute Gasteiger partial charge is 0.121 e. The van der Waals surface area contributed by atoms with Crippen molar-refractivity contribution in [3.63, 3.8) is 0 Å². The van der Waals surface area contributed by atoms with Crippen LogP contribution in [-0.2, 0) is 0 Å². The summed E-state index contributed by atoms with van der Waals surface area (Å²) in [5.41, 5.74) is 6.50. The molecule has 2 fully saturated rings. The van der Waals surface area contributed by atoms with E-state index in [0.29, 0.717) is 0 Å². The second-order valence-electron chi connectivity index (χ2n) is 5.94. The van der Waals surface area contributed by atoms with E-state index in [1.165, 1.54) is 38.8 Å². The molecule has 0 bridgehead atoms. The van der Waals surface area contributed by atoms with Gasteiger partial charge in [0.2, 0.25) is 0 Å². The van der Waals surface area contributed by atoms with E-state index < -0.39 is 0 Å². The van der Waals surface area contributed by atoms with Gasteiger partial charge in [-0.05, 0) is 50.2 Å². The van der Waals surface area contributed by atoms with Crippen molar-refractivity contribution in [2.75, 3.05) is 25.4 Å². The van der Waals surface area contributed by atoms with Crippen LogP contribution < -0.4 is 10.5 Å². The number of nitrogens with two attached hydrogens (primary N) is 1. The van der Waals surface area contributed by atoms with Crippen LogP contribution in [0.5, 0.6) is 5.75 Å². The molecule has 0 atom stereocenters. The molecule has 0 radical (unpaired) electrons. The molecule has 19 heavy (non-hydrogen) atoms. The highest BCUT2D eigenvalue weighted by atomic mass is 16.5. The van der Waals surface area contributed by atoms with Crippen molar-refractivity contribution < 1.29 is 4.74 Å². The average Bonchev–Trinajstić information content (AvgIpc) is 3.26. The molecule has 104 valence electrons. The molecule has 0 heterocycles. The van der Waals surface area contributed by atoms with Crippen molar-refractivity contribution in [2.45, 2.75) is 38.1 Å². The highest BCUT2D eigenvalue weighted by Gasteiger charge is 2.33. The van der Waals surface area contributed by atoms with E-state index in [-0.39, 0.29) is 0 Å². The van der Waals surface area contributed by atoms with Crippen molar-refractivity contribution in [3.05, 3.63) is 24.3 Å². The van der Waals surface area contributed by atoms with Gasteiger partial charge in [-0.1, -0.05) is 6.07 Å². The molecular weight excluding hydrogens is 236 g/mol. The molecule has 2 N–H and O–H groups in total. The molecule has 0 saturated heterocycles. The first-order valence-corrected chi connectivity index (χ1v) is 7.53. The van der Waals surface area contributed by atoms with E-state index in [0.717, 1.165) is 36.4 Å². The normalized spacial score (nSPS) is 18.8. The quantitative estimate of drug-likeness (QED) is 0.577. The standard InChI is InChI=1S/C16H24N2O/c17-14-3-1-4-16(11-14)19-10-2-9-18(15-7-8-15)12-13-5-6-13/h1,3-4,11,13,15H,2,5-10,12,17H2. The predicted molar refractivity (Wildman–Crippen MR) is 78.3 cm³/mol. The third-order valence-corrected chi connectivity index (χ3v) is 3.97. The van der Waals surface area contributed by atoms with E-state index >= 15 is 0 Å². The lowest BCUT2D eigenvalue weighted by atomic mass is 10.3. The summed E-state index contributed by atoms with van der Waals surface area (Å²) in [7, 11) is 0. The summed E-state index contributed by atoms with van der Waals surface area (Å²) in [5, 5.41) is 0. The minimum atomic E-state index is 0.769. The minimum absolute atomic E-state index is 0.769. The van der Waals surface area contributed by atoms with Gasteiger partial charge in [0, 0.05) is 30.9 Å². The number of benzene rings is 1. The molecule has 0 aliphatic heterocycles. The Labute approximate surface area is 115 Å². The van der Waals surface area contributed by atoms with Gasteiger partial charge >= 0.3 is 0 Å². The molecule has 2 aliphatic rings. The molecule has 3 nitrogen and oxygen atoms in total. The second-order valence-corrected chi connectivity index (χ2v) is 5.94. The Morgan fingerprint density at radius 1 is 1.21 bits per heavy atom. The van der Waals surface area contributed by atoms with Gasteiger partial charge in [0.25, 0.3) is 0 Å². The number of nitrogen functional groups attached to an aromatic ring is 1. The zero-order valence-electron chi connectivity index (χ0n) is 11.6. The lowest BCUT2D eigenvalue weighted by Crippen LogP contribution is -2.30. The van der Waals surface area contributed by atoms with E-state index in [2.05, 4.69) is 4.90 Å². The first-order valence-electron chi connectivity index (χ1n) is 7.53. The van der Waals surface area contributed by atoms with Crippen molar-refractivity contribution in [3.8, 4) is 5.75 Å². The van der Waals surface area contributed by atoms with Crippen LogP contribution in [0.15, 0.2) is 24.3 Å². The number of hydrogen-bond donors (Lipinski definition) is 1. The maximum absolute atomic E-state index is 5.75. The highest BCUT2D eigenvalue weighted by Crippen LogP contribution is 2.34. The Morgan fingerprint density at radius 2 is 2.05 bits per heavy atom. The van der Waals surface area contributed by atoms with Crippen LogP contribution in [0.2, 0.25) is 0 Å². The van der Waals surface area contributed by atoms with Gasteiger partial charge in [0.1, 0.15) is 5.75 Å². The van der Waals surface area contributed by atoms with Gasteiger partial charge < -0.3 is 10.5 Å². The van der Waals surface area contributed by atoms with Crippen molar-refractivity contribution in [1.82, 2.24) is 4.90 Å². The van der Waals surface area contributed by atoms with E-state index in [9.17, 15) is 0 Å². The van der Waals surface area contributed by atoms with Crippen LogP contribution in [-0.4, -0.2) is 30.6 Å². The Kier molecular flexibility index (Phi) is 3.92. The lowest BCUT2D eigenvalue weighted by molar-refractivity contribution is 0.220. The monoisotopic (exact) mass is 260 g/mol. The van der Waals surface area contributed by atoms with Crippen molar-refractivity contribution >= 4 is 5.69 Å². The number of rotatable bonds is 8. The SMILES string of the molecule is Nc1cccc(OCCCN(CC2CC2)C2CC2)c1. The number of nitrogens with zero attached hydrogens (tertiary/aromatic N) is 1. The van der Waals surface area contributed by atoms with Gasteiger partial charge in [0.15, 0.2) is 0 Å². The van der Waals surface area contributed by atoms with Crippen LogP contribution in [0.4, 0.5) is 5.69 Å². The fourth-order valence-corrected chi connectivity index (χ4v) is 2.56. The highest BCUT2D eigenvalue weighted by molar-refractivity contribution is 5.43. The maximum atomic E-state index is 5.75. The molecular formula is C16H24N2O. The Bertz CT molecular complexity index is 413. The van der Waals surface area contributed by atoms with Gasteiger partial charge in [-0.25, -0.2) is 0 Å². The van der Waals surface area contributed by atoms with Crippen LogP contribution in [0.25, 0.3) is 0 Å². The second kappa shape index (κ2) is 5.83. The molecule has 0 spiro atoms. The van der Waals surface area contributed by atoms with Crippen LogP contribution in [0.1, 0.15) is 32.1 Å². The van der Waals surface area contributed by atoms with Crippen LogP contribution in [0.3, 0.4) is 0 Å².